The van der Waals surface area contributed by atoms with Crippen molar-refractivity contribution in [1.82, 2.24) is 0 Å². The van der Waals surface area contributed by atoms with Gasteiger partial charge in [0.2, 0.25) is 0 Å². The number of anilines is 1. The summed E-state index contributed by atoms with van der Waals surface area (Å²) in [4.78, 5) is 0. The highest BCUT2D eigenvalue weighted by molar-refractivity contribution is 6.59. The molecule has 0 aliphatic rings. The van der Waals surface area contributed by atoms with Gasteiger partial charge in [-0.15, -0.1) is 0 Å². The molecule has 1 aromatic carbocycles. The van der Waals surface area contributed by atoms with E-state index < -0.39 is 7.12 Å². The quantitative estimate of drug-likeness (QED) is 0.228. The molecule has 0 unspecified atom stereocenters. The van der Waals surface area contributed by atoms with E-state index in [1.165, 1.54) is 18.2 Å². The van der Waals surface area contributed by atoms with E-state index in [1.807, 2.05) is 0 Å². The second-order valence-electron chi connectivity index (χ2n) is 2.19. The molecule has 0 fully saturated rings. The fraction of sp³-hybridized carbons (Fsp3) is 0. The Morgan fingerprint density at radius 2 is 1.91 bits per heavy atom. The van der Waals surface area contributed by atoms with Crippen molar-refractivity contribution in [3.63, 3.8) is 0 Å². The minimum absolute atomic E-state index is 0.0185. The summed E-state index contributed by atoms with van der Waals surface area (Å²) in [5.41, 5.74) is 5.73. The van der Waals surface area contributed by atoms with Gasteiger partial charge in [-0.3, -0.25) is 0 Å². The second kappa shape index (κ2) is 2.81. The molecule has 1 rings (SSSR count). The first kappa shape index (κ1) is 7.91. The second-order valence-corrected chi connectivity index (χ2v) is 2.19. The normalized spacial score (nSPS) is 9.64. The molecule has 1 aromatic rings. The molecule has 0 bridgehead atoms. The van der Waals surface area contributed by atoms with Gasteiger partial charge in [0, 0.05) is 11.2 Å². The van der Waals surface area contributed by atoms with E-state index in [9.17, 15) is 0 Å². The third kappa shape index (κ3) is 1.63. The van der Waals surface area contributed by atoms with Crippen LogP contribution in [0.4, 0.5) is 5.69 Å². The number of rotatable bonds is 1. The highest BCUT2D eigenvalue weighted by Gasteiger charge is 2.15. The standard InChI is InChI=1S/C6H8BNO3/c8-4-1-2-6(9)5(3-4)7(10)11/h1-3,9-11H,8H2. The van der Waals surface area contributed by atoms with E-state index >= 15 is 0 Å². The average molecular weight is 153 g/mol. The summed E-state index contributed by atoms with van der Waals surface area (Å²) in [6.07, 6.45) is 0. The first-order chi connectivity index (χ1) is 5.11. The van der Waals surface area contributed by atoms with Gasteiger partial charge in [-0.2, -0.15) is 0 Å². The predicted molar refractivity (Wildman–Crippen MR) is 42.3 cm³/mol. The third-order valence-electron chi connectivity index (χ3n) is 1.33. The van der Waals surface area contributed by atoms with Crippen LogP contribution in [0.15, 0.2) is 18.2 Å². The Morgan fingerprint density at radius 1 is 1.27 bits per heavy atom. The van der Waals surface area contributed by atoms with Crippen molar-refractivity contribution in [2.24, 2.45) is 0 Å². The van der Waals surface area contributed by atoms with E-state index in [4.69, 9.17) is 20.9 Å². The number of nitrogens with two attached hydrogens (primary N) is 1. The lowest BCUT2D eigenvalue weighted by atomic mass is 9.79. The van der Waals surface area contributed by atoms with E-state index in [1.54, 1.807) is 0 Å². The van der Waals surface area contributed by atoms with Crippen molar-refractivity contribution in [2.45, 2.75) is 0 Å². The largest absolute Gasteiger partial charge is 0.508 e. The van der Waals surface area contributed by atoms with Crippen LogP contribution in [-0.4, -0.2) is 22.3 Å². The summed E-state index contributed by atoms with van der Waals surface area (Å²) in [5.74, 6) is -0.172. The third-order valence-corrected chi connectivity index (χ3v) is 1.33. The Kier molecular flexibility index (Phi) is 2.02. The van der Waals surface area contributed by atoms with E-state index in [-0.39, 0.29) is 11.2 Å². The average Bonchev–Trinajstić information content (AvgIpc) is 1.94. The fourth-order valence-corrected chi connectivity index (χ4v) is 0.780. The first-order valence-corrected chi connectivity index (χ1v) is 3.06. The zero-order valence-electron chi connectivity index (χ0n) is 5.73. The van der Waals surface area contributed by atoms with Crippen molar-refractivity contribution >= 4 is 18.3 Å². The summed E-state index contributed by atoms with van der Waals surface area (Å²) >= 11 is 0. The Balaban J connectivity index is 3.13. The minimum atomic E-state index is -1.68. The van der Waals surface area contributed by atoms with Crippen LogP contribution in [0.3, 0.4) is 0 Å². The predicted octanol–water partition coefficient (Wildman–Crippen LogP) is -1.35. The number of hydrogen-bond donors (Lipinski definition) is 4. The molecule has 11 heavy (non-hydrogen) atoms. The number of hydrogen-bond acceptors (Lipinski definition) is 4. The highest BCUT2D eigenvalue weighted by Crippen LogP contribution is 2.08. The molecule has 0 atom stereocenters. The topological polar surface area (TPSA) is 86.7 Å². The number of phenolic OH excluding ortho intramolecular Hbond substituents is 1. The maximum Gasteiger partial charge on any atom is 0.492 e. The van der Waals surface area contributed by atoms with Crippen LogP contribution in [0, 0.1) is 0 Å². The number of nitrogen functional groups attached to an aromatic ring is 1. The van der Waals surface area contributed by atoms with Gasteiger partial charge in [0.25, 0.3) is 0 Å². The Hall–Kier alpha value is -1.20. The van der Waals surface area contributed by atoms with Crippen LogP contribution in [0.5, 0.6) is 5.75 Å². The van der Waals surface area contributed by atoms with E-state index in [2.05, 4.69) is 0 Å². The number of phenols is 1. The van der Waals surface area contributed by atoms with Gasteiger partial charge in [-0.05, 0) is 18.2 Å². The van der Waals surface area contributed by atoms with Crippen molar-refractivity contribution in [3.8, 4) is 5.75 Å². The van der Waals surface area contributed by atoms with Crippen LogP contribution >= 0.6 is 0 Å². The summed E-state index contributed by atoms with van der Waals surface area (Å²) in [5, 5.41) is 26.4. The summed E-state index contributed by atoms with van der Waals surface area (Å²) in [7, 11) is -1.68. The van der Waals surface area contributed by atoms with Crippen molar-refractivity contribution in [3.05, 3.63) is 18.2 Å². The molecular weight excluding hydrogens is 145 g/mol. The SMILES string of the molecule is Nc1ccc(O)c(B(O)O)c1. The zero-order valence-corrected chi connectivity index (χ0v) is 5.73. The maximum absolute atomic E-state index is 9.03. The fourth-order valence-electron chi connectivity index (χ4n) is 0.780. The molecule has 0 aliphatic carbocycles. The Bertz CT molecular complexity index is 264. The molecule has 5 N–H and O–H groups in total. The van der Waals surface area contributed by atoms with Crippen LogP contribution in [0.2, 0.25) is 0 Å². The van der Waals surface area contributed by atoms with Gasteiger partial charge in [0.1, 0.15) is 5.75 Å². The Labute approximate surface area is 64.0 Å². The van der Waals surface area contributed by atoms with E-state index in [0.29, 0.717) is 5.69 Å². The molecule has 0 saturated carbocycles. The lowest BCUT2D eigenvalue weighted by Gasteiger charge is -2.02. The monoisotopic (exact) mass is 153 g/mol. The number of benzene rings is 1. The summed E-state index contributed by atoms with van der Waals surface area (Å²) in [6.45, 7) is 0. The zero-order chi connectivity index (χ0) is 8.43. The van der Waals surface area contributed by atoms with Gasteiger partial charge in [0.15, 0.2) is 0 Å². The lowest BCUT2D eigenvalue weighted by Crippen LogP contribution is -2.30. The highest BCUT2D eigenvalue weighted by atomic mass is 16.4. The molecule has 0 amide bonds. The molecule has 4 nitrogen and oxygen atoms in total. The van der Waals surface area contributed by atoms with Crippen LogP contribution in [-0.2, 0) is 0 Å². The van der Waals surface area contributed by atoms with Crippen molar-refractivity contribution in [2.75, 3.05) is 5.73 Å². The summed E-state index contributed by atoms with van der Waals surface area (Å²) in [6, 6.07) is 4.09. The maximum atomic E-state index is 9.03. The van der Waals surface area contributed by atoms with E-state index in [0.717, 1.165) is 0 Å². The molecule has 0 heterocycles. The molecule has 0 aromatic heterocycles. The van der Waals surface area contributed by atoms with Crippen LogP contribution < -0.4 is 11.2 Å². The Morgan fingerprint density at radius 3 is 2.36 bits per heavy atom. The number of aromatic hydroxyl groups is 1. The molecule has 0 radical (unpaired) electrons. The van der Waals surface area contributed by atoms with Crippen LogP contribution in [0.25, 0.3) is 0 Å². The molecule has 0 aliphatic heterocycles. The first-order valence-electron chi connectivity index (χ1n) is 3.06. The van der Waals surface area contributed by atoms with Crippen molar-refractivity contribution in [1.29, 1.82) is 0 Å². The molecule has 0 spiro atoms. The molecule has 58 valence electrons. The molecule has 5 heteroatoms. The van der Waals surface area contributed by atoms with Gasteiger partial charge in [-0.25, -0.2) is 0 Å². The van der Waals surface area contributed by atoms with Gasteiger partial charge < -0.3 is 20.9 Å². The van der Waals surface area contributed by atoms with Gasteiger partial charge in [-0.1, -0.05) is 0 Å². The smallest absolute Gasteiger partial charge is 0.492 e. The van der Waals surface area contributed by atoms with Gasteiger partial charge >= 0.3 is 7.12 Å². The molecular formula is C6H8BNO3. The van der Waals surface area contributed by atoms with Gasteiger partial charge in [0.05, 0.1) is 0 Å². The lowest BCUT2D eigenvalue weighted by molar-refractivity contribution is 0.419. The van der Waals surface area contributed by atoms with Crippen LogP contribution in [0.1, 0.15) is 0 Å². The molecule has 0 saturated heterocycles. The minimum Gasteiger partial charge on any atom is -0.508 e. The van der Waals surface area contributed by atoms with Crippen molar-refractivity contribution < 1.29 is 15.2 Å². The summed E-state index contributed by atoms with van der Waals surface area (Å²) < 4.78 is 0.